The standard InChI is InChI=1S/C22H28N4O/c1-17(2)20-22(9-3-4-10-22)15-26(20)21(27)24-13-18-5-7-19(8-6-18)14-25-12-11-23-16-25/h3-8,11-12,16-17,20H,9-10,13-15H2,1-2H3,(H,24,27). The second-order valence-corrected chi connectivity index (χ2v) is 8.27. The van der Waals surface area contributed by atoms with Crippen molar-refractivity contribution in [1.82, 2.24) is 19.8 Å². The van der Waals surface area contributed by atoms with Crippen LogP contribution in [0.15, 0.2) is 55.1 Å². The number of carbonyl (C=O) groups is 1. The molecule has 4 rings (SSSR count). The second kappa shape index (κ2) is 7.22. The van der Waals surface area contributed by atoms with Crippen LogP contribution in [0.25, 0.3) is 0 Å². The summed E-state index contributed by atoms with van der Waals surface area (Å²) in [4.78, 5) is 18.8. The number of nitrogens with one attached hydrogen (secondary N) is 1. The molecule has 2 aliphatic rings. The Morgan fingerprint density at radius 1 is 1.22 bits per heavy atom. The van der Waals surface area contributed by atoms with Crippen molar-refractivity contribution in [3.63, 3.8) is 0 Å². The molecule has 2 aromatic rings. The van der Waals surface area contributed by atoms with Crippen molar-refractivity contribution in [3.8, 4) is 0 Å². The molecular formula is C22H28N4O. The Bertz CT molecular complexity index is 799. The zero-order chi connectivity index (χ0) is 18.9. The summed E-state index contributed by atoms with van der Waals surface area (Å²) in [5, 5.41) is 3.11. The zero-order valence-electron chi connectivity index (χ0n) is 16.1. The number of rotatable bonds is 5. The summed E-state index contributed by atoms with van der Waals surface area (Å²) in [5.74, 6) is 0.479. The second-order valence-electron chi connectivity index (χ2n) is 8.27. The van der Waals surface area contributed by atoms with Crippen LogP contribution in [-0.4, -0.2) is 33.1 Å². The molecule has 1 aromatic carbocycles. The van der Waals surface area contributed by atoms with Gasteiger partial charge in [-0.1, -0.05) is 50.3 Å². The maximum absolute atomic E-state index is 12.7. The van der Waals surface area contributed by atoms with E-state index in [0.717, 1.165) is 31.5 Å². The average Bonchev–Trinajstić information content (AvgIpc) is 3.31. The van der Waals surface area contributed by atoms with Crippen molar-refractivity contribution in [2.75, 3.05) is 6.54 Å². The minimum absolute atomic E-state index is 0.0636. The largest absolute Gasteiger partial charge is 0.334 e. The minimum Gasteiger partial charge on any atom is -0.334 e. The predicted molar refractivity (Wildman–Crippen MR) is 106 cm³/mol. The first kappa shape index (κ1) is 17.8. The summed E-state index contributed by atoms with van der Waals surface area (Å²) in [6.07, 6.45) is 12.3. The number of allylic oxidation sites excluding steroid dienone is 2. The lowest BCUT2D eigenvalue weighted by Gasteiger charge is -2.58. The molecule has 1 unspecified atom stereocenters. The fourth-order valence-electron chi connectivity index (χ4n) is 4.74. The average molecular weight is 364 g/mol. The van der Waals surface area contributed by atoms with Crippen LogP contribution in [0.3, 0.4) is 0 Å². The summed E-state index contributed by atoms with van der Waals surface area (Å²) < 4.78 is 2.04. The summed E-state index contributed by atoms with van der Waals surface area (Å²) in [6.45, 7) is 6.70. The number of imidazole rings is 1. The Kier molecular flexibility index (Phi) is 4.77. The quantitative estimate of drug-likeness (QED) is 0.820. The lowest BCUT2D eigenvalue weighted by molar-refractivity contribution is -0.0576. The number of amides is 2. The van der Waals surface area contributed by atoms with Crippen molar-refractivity contribution >= 4 is 6.03 Å². The molecule has 5 heteroatoms. The number of aromatic nitrogens is 2. The van der Waals surface area contributed by atoms with Gasteiger partial charge in [0.05, 0.1) is 6.33 Å². The number of hydrogen-bond acceptors (Lipinski definition) is 2. The molecule has 2 amide bonds. The maximum Gasteiger partial charge on any atom is 0.317 e. The fraction of sp³-hybridized carbons (Fsp3) is 0.455. The highest BCUT2D eigenvalue weighted by Gasteiger charge is 2.55. The number of hydrogen-bond donors (Lipinski definition) is 1. The molecule has 1 aliphatic carbocycles. The zero-order valence-corrected chi connectivity index (χ0v) is 16.1. The molecule has 5 nitrogen and oxygen atoms in total. The van der Waals surface area contributed by atoms with Crippen molar-refractivity contribution in [2.24, 2.45) is 11.3 Å². The summed E-state index contributed by atoms with van der Waals surface area (Å²) in [7, 11) is 0. The lowest BCUT2D eigenvalue weighted by Crippen LogP contribution is -2.68. The summed E-state index contributed by atoms with van der Waals surface area (Å²) >= 11 is 0. The molecule has 142 valence electrons. The van der Waals surface area contributed by atoms with Gasteiger partial charge in [-0.15, -0.1) is 0 Å². The molecule has 0 saturated carbocycles. The SMILES string of the molecule is CC(C)C1N(C(=O)NCc2ccc(Cn3ccnc3)cc2)CC12CC=CC2. The van der Waals surface area contributed by atoms with Crippen LogP contribution in [0.1, 0.15) is 37.8 Å². The van der Waals surface area contributed by atoms with Crippen molar-refractivity contribution < 1.29 is 4.79 Å². The Balaban J connectivity index is 1.31. The van der Waals surface area contributed by atoms with E-state index >= 15 is 0 Å². The van der Waals surface area contributed by atoms with Gasteiger partial charge in [0.2, 0.25) is 0 Å². The number of urea groups is 1. The number of nitrogens with zero attached hydrogens (tertiary/aromatic N) is 3. The van der Waals surface area contributed by atoms with E-state index in [4.69, 9.17) is 0 Å². The van der Waals surface area contributed by atoms with Gasteiger partial charge < -0.3 is 14.8 Å². The smallest absolute Gasteiger partial charge is 0.317 e. The molecule has 0 radical (unpaired) electrons. The summed E-state index contributed by atoms with van der Waals surface area (Å²) in [6, 6.07) is 8.80. The lowest BCUT2D eigenvalue weighted by atomic mass is 9.65. The van der Waals surface area contributed by atoms with E-state index in [1.807, 2.05) is 22.0 Å². The predicted octanol–water partition coefficient (Wildman–Crippen LogP) is 3.82. The van der Waals surface area contributed by atoms with E-state index in [0.29, 0.717) is 23.9 Å². The molecule has 0 bridgehead atoms. The highest BCUT2D eigenvalue weighted by Crippen LogP contribution is 2.50. The molecule has 1 fully saturated rings. The Labute approximate surface area is 161 Å². The highest BCUT2D eigenvalue weighted by atomic mass is 16.2. The van der Waals surface area contributed by atoms with E-state index in [-0.39, 0.29) is 6.03 Å². The summed E-state index contributed by atoms with van der Waals surface area (Å²) in [5.41, 5.74) is 2.64. The van der Waals surface area contributed by atoms with E-state index in [1.54, 1.807) is 6.20 Å². The first-order chi connectivity index (χ1) is 13.1. The molecule has 27 heavy (non-hydrogen) atoms. The maximum atomic E-state index is 12.7. The van der Waals surface area contributed by atoms with E-state index in [2.05, 4.69) is 60.6 Å². The van der Waals surface area contributed by atoms with E-state index < -0.39 is 0 Å². The van der Waals surface area contributed by atoms with Gasteiger partial charge in [0.25, 0.3) is 0 Å². The van der Waals surface area contributed by atoms with Crippen LogP contribution in [0.2, 0.25) is 0 Å². The third-order valence-electron chi connectivity index (χ3n) is 5.95. The van der Waals surface area contributed by atoms with Crippen molar-refractivity contribution in [2.45, 2.75) is 45.8 Å². The van der Waals surface area contributed by atoms with Crippen LogP contribution < -0.4 is 5.32 Å². The molecule has 1 saturated heterocycles. The van der Waals surface area contributed by atoms with Gasteiger partial charge in [-0.25, -0.2) is 9.78 Å². The van der Waals surface area contributed by atoms with Gasteiger partial charge in [0.15, 0.2) is 0 Å². The van der Waals surface area contributed by atoms with Gasteiger partial charge in [-0.05, 0) is 29.9 Å². The molecular weight excluding hydrogens is 336 g/mol. The van der Waals surface area contributed by atoms with Gasteiger partial charge >= 0.3 is 6.03 Å². The first-order valence-electron chi connectivity index (χ1n) is 9.80. The molecule has 2 heterocycles. The normalized spacial score (nSPS) is 20.3. The van der Waals surface area contributed by atoms with Crippen LogP contribution in [0.4, 0.5) is 4.79 Å². The van der Waals surface area contributed by atoms with Crippen molar-refractivity contribution in [1.29, 1.82) is 0 Å². The first-order valence-corrected chi connectivity index (χ1v) is 9.80. The van der Waals surface area contributed by atoms with Gasteiger partial charge in [0.1, 0.15) is 0 Å². The number of benzene rings is 1. The number of carbonyl (C=O) groups excluding carboxylic acids is 1. The number of likely N-dealkylation sites (tertiary alicyclic amines) is 1. The molecule has 1 atom stereocenters. The van der Waals surface area contributed by atoms with E-state index in [9.17, 15) is 4.79 Å². The molecule has 1 aliphatic heterocycles. The van der Waals surface area contributed by atoms with Gasteiger partial charge in [-0.2, -0.15) is 0 Å². The van der Waals surface area contributed by atoms with Crippen LogP contribution >= 0.6 is 0 Å². The van der Waals surface area contributed by atoms with Crippen molar-refractivity contribution in [3.05, 3.63) is 66.3 Å². The van der Waals surface area contributed by atoms with Gasteiger partial charge in [0, 0.05) is 43.5 Å². The van der Waals surface area contributed by atoms with Crippen LogP contribution in [0.5, 0.6) is 0 Å². The monoisotopic (exact) mass is 364 g/mol. The molecule has 1 spiro atoms. The Morgan fingerprint density at radius 3 is 2.56 bits per heavy atom. The van der Waals surface area contributed by atoms with Crippen LogP contribution in [0, 0.1) is 11.3 Å². The third-order valence-corrected chi connectivity index (χ3v) is 5.95. The highest BCUT2D eigenvalue weighted by molar-refractivity contribution is 5.76. The molecule has 1 aromatic heterocycles. The minimum atomic E-state index is 0.0636. The van der Waals surface area contributed by atoms with Gasteiger partial charge in [-0.3, -0.25) is 0 Å². The third kappa shape index (κ3) is 3.51. The molecule has 1 N–H and O–H groups in total. The topological polar surface area (TPSA) is 50.2 Å². The van der Waals surface area contributed by atoms with Crippen LogP contribution in [-0.2, 0) is 13.1 Å². The fourth-order valence-corrected chi connectivity index (χ4v) is 4.74. The Hall–Kier alpha value is -2.56. The van der Waals surface area contributed by atoms with E-state index in [1.165, 1.54) is 5.56 Å². The Morgan fingerprint density at radius 2 is 1.93 bits per heavy atom.